The Morgan fingerprint density at radius 3 is 3.04 bits per heavy atom. The van der Waals surface area contributed by atoms with E-state index in [2.05, 4.69) is 24.1 Å². The van der Waals surface area contributed by atoms with Crippen LogP contribution in [-0.2, 0) is 14.2 Å². The molecule has 1 aliphatic heterocycles. The van der Waals surface area contributed by atoms with Gasteiger partial charge >= 0.3 is 7.48 Å². The second-order valence-corrected chi connectivity index (χ2v) is 6.69. The first-order valence-electron chi connectivity index (χ1n) is 8.93. The van der Waals surface area contributed by atoms with Crippen molar-refractivity contribution >= 4 is 13.8 Å². The maximum absolute atomic E-state index is 10.9. The summed E-state index contributed by atoms with van der Waals surface area (Å²) in [6, 6.07) is 0. The Kier molecular flexibility index (Phi) is 7.74. The van der Waals surface area contributed by atoms with Gasteiger partial charge in [-0.1, -0.05) is 19.6 Å². The summed E-state index contributed by atoms with van der Waals surface area (Å²) in [7, 11) is 0.719. The maximum Gasteiger partial charge on any atom is 0.343 e. The maximum atomic E-state index is 10.9. The molecular weight excluding hydrogens is 319 g/mol. The summed E-state index contributed by atoms with van der Waals surface area (Å²) in [6.07, 6.45) is 5.04. The van der Waals surface area contributed by atoms with Crippen LogP contribution in [0.15, 0.2) is 35.8 Å². The van der Waals surface area contributed by atoms with E-state index in [0.717, 1.165) is 25.1 Å². The molecule has 3 N–H and O–H groups in total. The molecule has 4 unspecified atom stereocenters. The largest absolute Gasteiger partial charge is 0.566 e. The molecule has 0 bridgehead atoms. The number of ether oxygens (including phenoxy) is 1. The Bertz CT molecular complexity index is 535. The fraction of sp³-hybridized carbons (Fsp3) is 0.611. The van der Waals surface area contributed by atoms with Crippen molar-refractivity contribution in [1.82, 2.24) is 10.6 Å². The summed E-state index contributed by atoms with van der Waals surface area (Å²) in [5, 5.41) is 14.9. The van der Waals surface area contributed by atoms with Gasteiger partial charge in [-0.2, -0.15) is 0 Å². The molecule has 1 saturated carbocycles. The molecular formula is C18H29BN2O4. The van der Waals surface area contributed by atoms with Crippen molar-refractivity contribution in [2.45, 2.75) is 32.2 Å². The van der Waals surface area contributed by atoms with Gasteiger partial charge in [-0.25, -0.2) is 0 Å². The monoisotopic (exact) mass is 348 g/mol. The molecule has 1 heterocycles. The number of fused-ring (bicyclic) bond motifs is 1. The van der Waals surface area contributed by atoms with Gasteiger partial charge in [-0.3, -0.25) is 0 Å². The molecule has 6 nitrogen and oxygen atoms in total. The molecule has 4 atom stereocenters. The SMILES string of the molecule is C=C(/C=C\C1=C(CC=O)OBC2C(C)C12)OC(C)CNCNCCO. The van der Waals surface area contributed by atoms with E-state index in [-0.39, 0.29) is 12.7 Å². The molecule has 0 aromatic carbocycles. The second kappa shape index (κ2) is 9.80. The third kappa shape index (κ3) is 5.73. The number of hydrogen-bond acceptors (Lipinski definition) is 6. The Hall–Kier alpha value is -1.57. The smallest absolute Gasteiger partial charge is 0.343 e. The Morgan fingerprint density at radius 2 is 2.32 bits per heavy atom. The Labute approximate surface area is 150 Å². The van der Waals surface area contributed by atoms with Crippen molar-refractivity contribution in [1.29, 1.82) is 0 Å². The minimum absolute atomic E-state index is 0.0216. The van der Waals surface area contributed by atoms with Gasteiger partial charge in [0.2, 0.25) is 0 Å². The molecule has 0 radical (unpaired) electrons. The summed E-state index contributed by atoms with van der Waals surface area (Å²) < 4.78 is 11.5. The van der Waals surface area contributed by atoms with E-state index in [0.29, 0.717) is 49.6 Å². The summed E-state index contributed by atoms with van der Waals surface area (Å²) in [6.45, 7) is 10.1. The highest BCUT2D eigenvalue weighted by Crippen LogP contribution is 2.59. The number of carbonyl (C=O) groups is 1. The number of hydrogen-bond donors (Lipinski definition) is 3. The summed E-state index contributed by atoms with van der Waals surface area (Å²) in [4.78, 5) is 10.9. The van der Waals surface area contributed by atoms with Crippen molar-refractivity contribution < 1.29 is 19.3 Å². The number of aldehydes is 1. The molecule has 2 rings (SSSR count). The van der Waals surface area contributed by atoms with E-state index in [1.165, 1.54) is 0 Å². The zero-order valence-corrected chi connectivity index (χ0v) is 15.2. The quantitative estimate of drug-likeness (QED) is 0.121. The van der Waals surface area contributed by atoms with Crippen LogP contribution in [0.4, 0.5) is 0 Å². The lowest BCUT2D eigenvalue weighted by Crippen LogP contribution is -2.35. The van der Waals surface area contributed by atoms with Crippen LogP contribution in [0.2, 0.25) is 5.82 Å². The topological polar surface area (TPSA) is 79.8 Å². The molecule has 0 aromatic rings. The van der Waals surface area contributed by atoms with E-state index < -0.39 is 0 Å². The van der Waals surface area contributed by atoms with Crippen LogP contribution < -0.4 is 10.6 Å². The summed E-state index contributed by atoms with van der Waals surface area (Å²) >= 11 is 0. The molecule has 0 amide bonds. The zero-order chi connectivity index (χ0) is 18.2. The molecule has 2 aliphatic rings. The predicted molar refractivity (Wildman–Crippen MR) is 99.1 cm³/mol. The first-order chi connectivity index (χ1) is 12.1. The highest BCUT2D eigenvalue weighted by molar-refractivity contribution is 6.32. The highest BCUT2D eigenvalue weighted by atomic mass is 16.5. The van der Waals surface area contributed by atoms with E-state index in [1.807, 2.05) is 19.1 Å². The number of carbonyl (C=O) groups excluding carboxylic acids is 1. The average molecular weight is 348 g/mol. The molecule has 0 saturated heterocycles. The Balaban J connectivity index is 1.81. The molecule has 0 aromatic heterocycles. The van der Waals surface area contributed by atoms with Crippen molar-refractivity contribution in [3.8, 4) is 0 Å². The number of aliphatic hydroxyl groups excluding tert-OH is 1. The van der Waals surface area contributed by atoms with Gasteiger partial charge in [0.15, 0.2) is 0 Å². The van der Waals surface area contributed by atoms with E-state index in [1.54, 1.807) is 0 Å². The zero-order valence-electron chi connectivity index (χ0n) is 15.2. The number of aliphatic hydroxyl groups is 1. The van der Waals surface area contributed by atoms with Crippen molar-refractivity contribution in [2.75, 3.05) is 26.4 Å². The average Bonchev–Trinajstić information content (AvgIpc) is 3.24. The lowest BCUT2D eigenvalue weighted by atomic mass is 9.84. The molecule has 1 fully saturated rings. The number of rotatable bonds is 12. The summed E-state index contributed by atoms with van der Waals surface area (Å²) in [5.41, 5.74) is 1.11. The molecule has 138 valence electrons. The third-order valence-electron chi connectivity index (χ3n) is 4.73. The van der Waals surface area contributed by atoms with Crippen LogP contribution in [0.1, 0.15) is 20.3 Å². The van der Waals surface area contributed by atoms with Gasteiger partial charge < -0.3 is 29.9 Å². The summed E-state index contributed by atoms with van der Waals surface area (Å²) in [5.74, 6) is 3.04. The molecule has 7 heteroatoms. The lowest BCUT2D eigenvalue weighted by Gasteiger charge is -2.18. The van der Waals surface area contributed by atoms with Gasteiger partial charge in [0.05, 0.1) is 18.8 Å². The normalized spacial score (nSPS) is 25.8. The lowest BCUT2D eigenvalue weighted by molar-refractivity contribution is -0.107. The van der Waals surface area contributed by atoms with E-state index >= 15 is 0 Å². The second-order valence-electron chi connectivity index (χ2n) is 6.69. The fourth-order valence-electron chi connectivity index (χ4n) is 3.29. The van der Waals surface area contributed by atoms with Crippen LogP contribution in [0.5, 0.6) is 0 Å². The van der Waals surface area contributed by atoms with Crippen LogP contribution in [0.25, 0.3) is 0 Å². The molecule has 1 aliphatic carbocycles. The Morgan fingerprint density at radius 1 is 1.52 bits per heavy atom. The molecule has 25 heavy (non-hydrogen) atoms. The van der Waals surface area contributed by atoms with E-state index in [4.69, 9.17) is 14.5 Å². The van der Waals surface area contributed by atoms with Gasteiger partial charge in [0, 0.05) is 19.8 Å². The number of allylic oxidation sites excluding steroid dienone is 4. The van der Waals surface area contributed by atoms with Crippen LogP contribution in [0, 0.1) is 11.8 Å². The first-order valence-corrected chi connectivity index (χ1v) is 8.93. The first kappa shape index (κ1) is 19.8. The van der Waals surface area contributed by atoms with Gasteiger partial charge in [0.1, 0.15) is 18.1 Å². The third-order valence-corrected chi connectivity index (χ3v) is 4.73. The molecule has 0 spiro atoms. The van der Waals surface area contributed by atoms with Crippen LogP contribution in [-0.4, -0.2) is 51.3 Å². The van der Waals surface area contributed by atoms with Crippen LogP contribution in [0.3, 0.4) is 0 Å². The van der Waals surface area contributed by atoms with Gasteiger partial charge in [-0.15, -0.1) is 0 Å². The van der Waals surface area contributed by atoms with Gasteiger partial charge in [-0.05, 0) is 36.2 Å². The number of nitrogens with one attached hydrogen (secondary N) is 2. The predicted octanol–water partition coefficient (Wildman–Crippen LogP) is 0.870. The minimum Gasteiger partial charge on any atom is -0.566 e. The minimum atomic E-state index is -0.0216. The standard InChI is InChI=1S/C18H29BN2O4/c1-12(24-13(2)10-21-11-20-7-9-23)4-5-15-16(6-8-22)25-19-18-14(3)17(15)18/h4-5,8,13-14,17-21,23H,1,6-7,9-11H2,2-3H3/b5-4-. The van der Waals surface area contributed by atoms with E-state index in [9.17, 15) is 4.79 Å². The van der Waals surface area contributed by atoms with Crippen molar-refractivity contribution in [2.24, 2.45) is 11.8 Å². The highest BCUT2D eigenvalue weighted by Gasteiger charge is 2.52. The van der Waals surface area contributed by atoms with Gasteiger partial charge in [0.25, 0.3) is 0 Å². The van der Waals surface area contributed by atoms with Crippen LogP contribution >= 0.6 is 0 Å². The fourth-order valence-corrected chi connectivity index (χ4v) is 3.29. The van der Waals surface area contributed by atoms with Crippen molar-refractivity contribution in [3.63, 3.8) is 0 Å². The van der Waals surface area contributed by atoms with Crippen molar-refractivity contribution in [3.05, 3.63) is 35.8 Å².